The second-order valence-corrected chi connectivity index (χ2v) is 4.38. The summed E-state index contributed by atoms with van der Waals surface area (Å²) in [6.45, 7) is 2.70. The summed E-state index contributed by atoms with van der Waals surface area (Å²) in [5.74, 6) is 0.673. The quantitative estimate of drug-likeness (QED) is 0.798. The molecule has 1 aromatic carbocycles. The summed E-state index contributed by atoms with van der Waals surface area (Å²) >= 11 is 5.04. The van der Waals surface area contributed by atoms with Crippen molar-refractivity contribution in [1.29, 1.82) is 0 Å². The highest BCUT2D eigenvalue weighted by Gasteiger charge is 2.05. The first-order valence-electron chi connectivity index (χ1n) is 5.56. The summed E-state index contributed by atoms with van der Waals surface area (Å²) in [6, 6.07) is 5.96. The van der Waals surface area contributed by atoms with Crippen LogP contribution >= 0.6 is 12.2 Å². The minimum absolute atomic E-state index is 0.390. The summed E-state index contributed by atoms with van der Waals surface area (Å²) in [4.78, 5) is 4.34. The number of nitrogens with zero attached hydrogens (tertiary/aromatic N) is 2. The number of nitrogens with two attached hydrogens (primary N) is 1. The van der Waals surface area contributed by atoms with Gasteiger partial charge in [-0.1, -0.05) is 29.0 Å². The lowest BCUT2D eigenvalue weighted by Crippen LogP contribution is -2.15. The Morgan fingerprint density at radius 2 is 2.33 bits per heavy atom. The topological polar surface area (TPSA) is 77.0 Å². The van der Waals surface area contributed by atoms with E-state index in [4.69, 9.17) is 18.0 Å². The maximum Gasteiger partial charge on any atom is 0.213 e. The molecule has 1 heterocycles. The molecule has 0 aliphatic rings. The number of hydrogen-bond donors (Lipinski definition) is 2. The van der Waals surface area contributed by atoms with Crippen LogP contribution in [0.4, 0.5) is 5.69 Å². The normalized spacial score (nSPS) is 10.3. The van der Waals surface area contributed by atoms with Crippen molar-refractivity contribution in [2.75, 3.05) is 11.9 Å². The monoisotopic (exact) mass is 262 g/mol. The molecule has 0 bridgehead atoms. The lowest BCUT2D eigenvalue weighted by atomic mass is 10.1. The van der Waals surface area contributed by atoms with E-state index in [9.17, 15) is 0 Å². The Morgan fingerprint density at radius 3 is 3.00 bits per heavy atom. The van der Waals surface area contributed by atoms with Crippen molar-refractivity contribution in [3.05, 3.63) is 41.5 Å². The third kappa shape index (κ3) is 3.04. The Bertz CT molecular complexity index is 539. The van der Waals surface area contributed by atoms with Gasteiger partial charge in [0.2, 0.25) is 6.39 Å². The lowest BCUT2D eigenvalue weighted by molar-refractivity contribution is 0.410. The maximum atomic E-state index is 5.70. The standard InChI is InChI=1S/C12H14N4OS/c1-8-2-3-10(9(6-8)12(13)18)14-5-4-11-15-7-17-16-11/h2-3,6-7,14H,4-5H2,1H3,(H2,13,18). The second-order valence-electron chi connectivity index (χ2n) is 3.94. The van der Waals surface area contributed by atoms with E-state index in [1.807, 2.05) is 25.1 Å². The average molecular weight is 262 g/mol. The van der Waals surface area contributed by atoms with Crippen molar-refractivity contribution < 1.29 is 4.52 Å². The first kappa shape index (κ1) is 12.5. The van der Waals surface area contributed by atoms with Crippen LogP contribution in [-0.4, -0.2) is 21.7 Å². The first-order chi connectivity index (χ1) is 8.66. The Balaban J connectivity index is 2.02. The fraction of sp³-hybridized carbons (Fsp3) is 0.250. The van der Waals surface area contributed by atoms with Crippen LogP contribution < -0.4 is 11.1 Å². The number of rotatable bonds is 5. The van der Waals surface area contributed by atoms with E-state index in [-0.39, 0.29) is 0 Å². The van der Waals surface area contributed by atoms with Gasteiger partial charge < -0.3 is 15.6 Å². The molecule has 0 spiro atoms. The van der Waals surface area contributed by atoms with Gasteiger partial charge in [0.25, 0.3) is 0 Å². The van der Waals surface area contributed by atoms with E-state index in [0.29, 0.717) is 23.8 Å². The zero-order valence-electron chi connectivity index (χ0n) is 10.0. The maximum absolute atomic E-state index is 5.70. The minimum Gasteiger partial charge on any atom is -0.389 e. The molecule has 5 nitrogen and oxygen atoms in total. The molecular formula is C12H14N4OS. The number of benzene rings is 1. The number of nitrogens with one attached hydrogen (secondary N) is 1. The van der Waals surface area contributed by atoms with Gasteiger partial charge in [0, 0.05) is 24.2 Å². The Kier molecular flexibility index (Phi) is 3.88. The van der Waals surface area contributed by atoms with Crippen molar-refractivity contribution >= 4 is 22.9 Å². The third-order valence-corrected chi connectivity index (χ3v) is 2.73. The zero-order chi connectivity index (χ0) is 13.0. The molecule has 3 N–H and O–H groups in total. The van der Waals surface area contributed by atoms with Crippen LogP contribution in [0.2, 0.25) is 0 Å². The molecule has 0 aliphatic carbocycles. The summed E-state index contributed by atoms with van der Waals surface area (Å²) in [5.41, 5.74) is 8.61. The number of aryl methyl sites for hydroxylation is 1. The molecule has 0 fully saturated rings. The van der Waals surface area contributed by atoms with Crippen LogP contribution in [0, 0.1) is 6.92 Å². The van der Waals surface area contributed by atoms with Crippen molar-refractivity contribution in [2.45, 2.75) is 13.3 Å². The Morgan fingerprint density at radius 1 is 1.50 bits per heavy atom. The van der Waals surface area contributed by atoms with Crippen molar-refractivity contribution in [1.82, 2.24) is 10.1 Å². The minimum atomic E-state index is 0.390. The number of thiocarbonyl (C=S) groups is 1. The van der Waals surface area contributed by atoms with E-state index in [2.05, 4.69) is 20.0 Å². The Hall–Kier alpha value is -1.95. The van der Waals surface area contributed by atoms with E-state index in [1.165, 1.54) is 6.39 Å². The van der Waals surface area contributed by atoms with Crippen LogP contribution in [-0.2, 0) is 6.42 Å². The van der Waals surface area contributed by atoms with Gasteiger partial charge in [0.15, 0.2) is 5.82 Å². The molecule has 18 heavy (non-hydrogen) atoms. The lowest BCUT2D eigenvalue weighted by Gasteiger charge is -2.11. The summed E-state index contributed by atoms with van der Waals surface area (Å²) in [7, 11) is 0. The van der Waals surface area contributed by atoms with Gasteiger partial charge in [-0.25, -0.2) is 0 Å². The van der Waals surface area contributed by atoms with Crippen LogP contribution in [0.3, 0.4) is 0 Å². The predicted octanol–water partition coefficient (Wildman–Crippen LogP) is 1.67. The molecule has 6 heteroatoms. The molecule has 0 unspecified atom stereocenters. The summed E-state index contributed by atoms with van der Waals surface area (Å²) < 4.78 is 4.67. The van der Waals surface area contributed by atoms with Crippen molar-refractivity contribution in [2.24, 2.45) is 5.73 Å². The van der Waals surface area contributed by atoms with Crippen molar-refractivity contribution in [3.63, 3.8) is 0 Å². The van der Waals surface area contributed by atoms with Gasteiger partial charge in [-0.05, 0) is 19.1 Å². The number of anilines is 1. The summed E-state index contributed by atoms with van der Waals surface area (Å²) in [6.07, 6.45) is 2.00. The highest BCUT2D eigenvalue weighted by Crippen LogP contribution is 2.17. The Labute approximate surface area is 110 Å². The molecule has 94 valence electrons. The SMILES string of the molecule is Cc1ccc(NCCc2ncon2)c(C(N)=S)c1. The van der Waals surface area contributed by atoms with Gasteiger partial charge in [-0.2, -0.15) is 4.98 Å². The molecule has 0 radical (unpaired) electrons. The van der Waals surface area contributed by atoms with Gasteiger partial charge in [0.05, 0.1) is 0 Å². The third-order valence-electron chi connectivity index (χ3n) is 2.51. The first-order valence-corrected chi connectivity index (χ1v) is 5.97. The molecule has 2 aromatic rings. The van der Waals surface area contributed by atoms with Gasteiger partial charge >= 0.3 is 0 Å². The van der Waals surface area contributed by atoms with Gasteiger partial charge in [0.1, 0.15) is 4.99 Å². The largest absolute Gasteiger partial charge is 0.389 e. The van der Waals surface area contributed by atoms with Crippen LogP contribution in [0.25, 0.3) is 0 Å². The smallest absolute Gasteiger partial charge is 0.213 e. The molecule has 0 atom stereocenters. The molecule has 0 amide bonds. The molecule has 2 rings (SSSR count). The average Bonchev–Trinajstić information content (AvgIpc) is 2.84. The number of aromatic nitrogens is 2. The molecule has 0 aliphatic heterocycles. The van der Waals surface area contributed by atoms with Crippen LogP contribution in [0.15, 0.2) is 29.1 Å². The summed E-state index contributed by atoms with van der Waals surface area (Å²) in [5, 5.41) is 7.01. The fourth-order valence-electron chi connectivity index (χ4n) is 1.63. The van der Waals surface area contributed by atoms with E-state index >= 15 is 0 Å². The van der Waals surface area contributed by atoms with E-state index in [1.54, 1.807) is 0 Å². The molecule has 1 aromatic heterocycles. The van der Waals surface area contributed by atoms with Crippen LogP contribution in [0.1, 0.15) is 17.0 Å². The molecule has 0 saturated heterocycles. The van der Waals surface area contributed by atoms with E-state index in [0.717, 1.165) is 16.8 Å². The van der Waals surface area contributed by atoms with E-state index < -0.39 is 0 Å². The van der Waals surface area contributed by atoms with Crippen molar-refractivity contribution in [3.8, 4) is 0 Å². The zero-order valence-corrected chi connectivity index (χ0v) is 10.8. The van der Waals surface area contributed by atoms with Gasteiger partial charge in [-0.15, -0.1) is 0 Å². The number of hydrogen-bond acceptors (Lipinski definition) is 5. The van der Waals surface area contributed by atoms with Gasteiger partial charge in [-0.3, -0.25) is 0 Å². The highest BCUT2D eigenvalue weighted by atomic mass is 32.1. The highest BCUT2D eigenvalue weighted by molar-refractivity contribution is 7.80. The predicted molar refractivity (Wildman–Crippen MR) is 73.6 cm³/mol. The second kappa shape index (κ2) is 5.59. The fourth-order valence-corrected chi connectivity index (χ4v) is 1.80. The molecule has 0 saturated carbocycles. The molecular weight excluding hydrogens is 248 g/mol. The van der Waals surface area contributed by atoms with Crippen LogP contribution in [0.5, 0.6) is 0 Å².